The minimum Gasteiger partial charge on any atom is -0.326 e. The Morgan fingerprint density at radius 2 is 1.88 bits per heavy atom. The largest absolute Gasteiger partial charge is 0.326 e. The number of anilines is 1. The first-order chi connectivity index (χ1) is 11.3. The molecule has 0 bridgehead atoms. The molecule has 1 aromatic heterocycles. The maximum atomic E-state index is 11.9. The average molecular weight is 354 g/mol. The van der Waals surface area contributed by atoms with Gasteiger partial charge in [0.15, 0.2) is 0 Å². The molecule has 0 aliphatic rings. The molecular weight excluding hydrogens is 342 g/mol. The van der Waals surface area contributed by atoms with Gasteiger partial charge in [-0.2, -0.15) is 5.10 Å². The van der Waals surface area contributed by atoms with E-state index in [1.54, 1.807) is 0 Å². The van der Waals surface area contributed by atoms with Crippen LogP contribution in [0.25, 0.3) is 0 Å². The van der Waals surface area contributed by atoms with E-state index in [0.717, 1.165) is 12.1 Å². The van der Waals surface area contributed by atoms with E-state index in [0.29, 0.717) is 5.02 Å². The Morgan fingerprint density at radius 3 is 2.33 bits per heavy atom. The summed E-state index contributed by atoms with van der Waals surface area (Å²) in [4.78, 5) is 32.4. The van der Waals surface area contributed by atoms with Gasteiger partial charge in [0.1, 0.15) is 5.56 Å². The first-order valence-electron chi connectivity index (χ1n) is 6.69. The highest BCUT2D eigenvalue weighted by Crippen LogP contribution is 2.31. The van der Waals surface area contributed by atoms with Gasteiger partial charge in [-0.3, -0.25) is 29.7 Å². The maximum absolute atomic E-state index is 11.9. The van der Waals surface area contributed by atoms with Gasteiger partial charge in [-0.1, -0.05) is 11.6 Å². The fourth-order valence-electron chi connectivity index (χ4n) is 2.04. The van der Waals surface area contributed by atoms with Crippen LogP contribution in [0.5, 0.6) is 0 Å². The number of aryl methyl sites for hydroxylation is 1. The van der Waals surface area contributed by atoms with Gasteiger partial charge in [-0.15, -0.1) is 0 Å². The summed E-state index contributed by atoms with van der Waals surface area (Å²) in [5.41, 5.74) is -0.951. The van der Waals surface area contributed by atoms with E-state index in [-0.39, 0.29) is 24.2 Å². The number of nitro benzene ring substituents is 2. The lowest BCUT2D eigenvalue weighted by Gasteiger charge is -2.07. The number of hydrogen-bond acceptors (Lipinski definition) is 6. The van der Waals surface area contributed by atoms with Crippen molar-refractivity contribution in [1.82, 2.24) is 9.78 Å². The summed E-state index contributed by atoms with van der Waals surface area (Å²) in [5, 5.41) is 28.7. The second-order valence-electron chi connectivity index (χ2n) is 4.87. The second kappa shape index (κ2) is 7.04. The minimum absolute atomic E-state index is 0.0116. The first-order valence-corrected chi connectivity index (χ1v) is 7.07. The number of nitrogens with one attached hydrogen (secondary N) is 1. The van der Waals surface area contributed by atoms with E-state index >= 15 is 0 Å². The zero-order chi connectivity index (χ0) is 17.9. The Bertz CT molecular complexity index is 784. The van der Waals surface area contributed by atoms with Crippen LogP contribution in [0.2, 0.25) is 5.02 Å². The van der Waals surface area contributed by atoms with Crippen molar-refractivity contribution >= 4 is 34.6 Å². The zero-order valence-electron chi connectivity index (χ0n) is 12.4. The van der Waals surface area contributed by atoms with E-state index in [1.165, 1.54) is 24.0 Å². The molecule has 0 spiro atoms. The van der Waals surface area contributed by atoms with Crippen LogP contribution in [0.15, 0.2) is 24.5 Å². The fourth-order valence-corrected chi connectivity index (χ4v) is 2.19. The molecule has 126 valence electrons. The Balaban J connectivity index is 2.14. The van der Waals surface area contributed by atoms with E-state index < -0.39 is 27.1 Å². The first kappa shape index (κ1) is 17.3. The van der Waals surface area contributed by atoms with Crippen LogP contribution in [0, 0.1) is 27.2 Å². The highest BCUT2D eigenvalue weighted by Gasteiger charge is 2.23. The van der Waals surface area contributed by atoms with Crippen molar-refractivity contribution in [3.05, 3.63) is 55.3 Å². The van der Waals surface area contributed by atoms with Gasteiger partial charge in [-0.05, 0) is 6.92 Å². The van der Waals surface area contributed by atoms with Gasteiger partial charge in [0, 0.05) is 31.3 Å². The number of carbonyl (C=O) groups excluding carboxylic acids is 1. The number of hydrogen-bond donors (Lipinski definition) is 1. The summed E-state index contributed by atoms with van der Waals surface area (Å²) >= 11 is 5.70. The average Bonchev–Trinajstić information content (AvgIpc) is 2.92. The van der Waals surface area contributed by atoms with Gasteiger partial charge in [0.05, 0.1) is 26.8 Å². The van der Waals surface area contributed by atoms with Gasteiger partial charge in [0.2, 0.25) is 5.91 Å². The third-order valence-corrected chi connectivity index (χ3v) is 3.39. The number of amides is 1. The van der Waals surface area contributed by atoms with Gasteiger partial charge in [0.25, 0.3) is 11.4 Å². The summed E-state index contributed by atoms with van der Waals surface area (Å²) in [6.07, 6.45) is 2.98. The molecule has 0 atom stereocenters. The molecule has 0 aliphatic heterocycles. The summed E-state index contributed by atoms with van der Waals surface area (Å²) in [6.45, 7) is 1.53. The second-order valence-corrected chi connectivity index (χ2v) is 5.31. The van der Waals surface area contributed by atoms with E-state index in [2.05, 4.69) is 10.4 Å². The molecular formula is C13H12ClN5O5. The monoisotopic (exact) mass is 353 g/mol. The molecule has 2 aromatic rings. The van der Waals surface area contributed by atoms with Crippen LogP contribution >= 0.6 is 11.6 Å². The lowest BCUT2D eigenvalue weighted by Crippen LogP contribution is -2.15. The van der Waals surface area contributed by atoms with Gasteiger partial charge >= 0.3 is 0 Å². The van der Waals surface area contributed by atoms with Crippen LogP contribution in [-0.4, -0.2) is 25.5 Å². The van der Waals surface area contributed by atoms with Crippen LogP contribution in [0.3, 0.4) is 0 Å². The zero-order valence-corrected chi connectivity index (χ0v) is 13.2. The van der Waals surface area contributed by atoms with E-state index in [4.69, 9.17) is 11.6 Å². The molecule has 0 saturated heterocycles. The molecule has 24 heavy (non-hydrogen) atoms. The standard InChI is InChI=1S/C13H12ClN5O5/c1-8-11(18(21)22)4-10(5-12(8)19(23)24)16-13(20)2-3-17-7-9(14)6-15-17/h4-7H,2-3H2,1H3,(H,16,20). The normalized spacial score (nSPS) is 10.4. The number of aromatic nitrogens is 2. The molecule has 0 radical (unpaired) electrons. The smallest absolute Gasteiger partial charge is 0.281 e. The Labute approximate surface area is 140 Å². The number of rotatable bonds is 6. The van der Waals surface area contributed by atoms with Crippen LogP contribution < -0.4 is 5.32 Å². The summed E-state index contributed by atoms with van der Waals surface area (Å²) in [6, 6.07) is 2.18. The molecule has 1 aromatic carbocycles. The third-order valence-electron chi connectivity index (χ3n) is 3.20. The lowest BCUT2D eigenvalue weighted by molar-refractivity contribution is -0.395. The van der Waals surface area contributed by atoms with Crippen molar-refractivity contribution < 1.29 is 14.6 Å². The molecule has 2 rings (SSSR count). The number of halogens is 1. The molecule has 0 unspecified atom stereocenters. The van der Waals surface area contributed by atoms with Gasteiger partial charge in [-0.25, -0.2) is 0 Å². The molecule has 11 heteroatoms. The van der Waals surface area contributed by atoms with Crippen LogP contribution in [0.1, 0.15) is 12.0 Å². The Hall–Kier alpha value is -3.01. The topological polar surface area (TPSA) is 133 Å². The predicted molar refractivity (Wildman–Crippen MR) is 85.0 cm³/mol. The Kier molecular flexibility index (Phi) is 5.09. The number of carbonyl (C=O) groups is 1. The quantitative estimate of drug-likeness (QED) is 0.626. The highest BCUT2D eigenvalue weighted by atomic mass is 35.5. The SMILES string of the molecule is Cc1c([N+](=O)[O-])cc(NC(=O)CCn2cc(Cl)cn2)cc1[N+](=O)[O-]. The maximum Gasteiger partial charge on any atom is 0.281 e. The van der Waals surface area contributed by atoms with E-state index in [1.807, 2.05) is 0 Å². The van der Waals surface area contributed by atoms with Crippen molar-refractivity contribution in [3.63, 3.8) is 0 Å². The summed E-state index contributed by atoms with van der Waals surface area (Å²) in [5.74, 6) is -0.464. The molecule has 1 N–H and O–H groups in total. The molecule has 10 nitrogen and oxygen atoms in total. The Morgan fingerprint density at radius 1 is 1.29 bits per heavy atom. The number of nitrogens with zero attached hydrogens (tertiary/aromatic N) is 4. The van der Waals surface area contributed by atoms with E-state index in [9.17, 15) is 25.0 Å². The molecule has 1 heterocycles. The van der Waals surface area contributed by atoms with Crippen molar-refractivity contribution in [2.24, 2.45) is 0 Å². The highest BCUT2D eigenvalue weighted by molar-refractivity contribution is 6.30. The lowest BCUT2D eigenvalue weighted by atomic mass is 10.1. The summed E-state index contributed by atoms with van der Waals surface area (Å²) < 4.78 is 1.46. The summed E-state index contributed by atoms with van der Waals surface area (Å²) in [7, 11) is 0. The number of nitro groups is 2. The molecule has 1 amide bonds. The minimum atomic E-state index is -0.732. The fraction of sp³-hybridized carbons (Fsp3) is 0.231. The van der Waals surface area contributed by atoms with Crippen molar-refractivity contribution in [2.75, 3.05) is 5.32 Å². The third kappa shape index (κ3) is 4.04. The molecule has 0 aliphatic carbocycles. The van der Waals surface area contributed by atoms with Crippen molar-refractivity contribution in [2.45, 2.75) is 19.9 Å². The van der Waals surface area contributed by atoms with Gasteiger partial charge < -0.3 is 5.32 Å². The predicted octanol–water partition coefficient (Wildman–Crippen LogP) is 2.69. The van der Waals surface area contributed by atoms with Crippen molar-refractivity contribution in [1.29, 1.82) is 0 Å². The van der Waals surface area contributed by atoms with Crippen LogP contribution in [-0.2, 0) is 11.3 Å². The van der Waals surface area contributed by atoms with Crippen molar-refractivity contribution in [3.8, 4) is 0 Å². The molecule has 0 saturated carbocycles. The number of benzene rings is 1. The van der Waals surface area contributed by atoms with Crippen LogP contribution in [0.4, 0.5) is 17.1 Å². The molecule has 0 fully saturated rings.